The Bertz CT molecular complexity index is 880. The van der Waals surface area contributed by atoms with Crippen LogP contribution in [0.5, 0.6) is 11.5 Å². The SMILES string of the molecule is COC(=O)c1cc(OC)c(OC)cc1NS(=O)(=O)c1ccc(F)cc1. The van der Waals surface area contributed by atoms with Crippen LogP contribution in [0, 0.1) is 5.82 Å². The van der Waals surface area contributed by atoms with Crippen molar-refractivity contribution in [1.82, 2.24) is 0 Å². The first kappa shape index (κ1) is 18.5. The maximum absolute atomic E-state index is 13.0. The highest BCUT2D eigenvalue weighted by molar-refractivity contribution is 7.92. The number of esters is 1. The van der Waals surface area contributed by atoms with E-state index < -0.39 is 21.8 Å². The van der Waals surface area contributed by atoms with Gasteiger partial charge < -0.3 is 14.2 Å². The van der Waals surface area contributed by atoms with Gasteiger partial charge in [-0.15, -0.1) is 0 Å². The molecular weight excluding hydrogens is 353 g/mol. The van der Waals surface area contributed by atoms with Crippen LogP contribution < -0.4 is 14.2 Å². The Morgan fingerprint density at radius 1 is 1.00 bits per heavy atom. The number of ether oxygens (including phenoxy) is 3. The van der Waals surface area contributed by atoms with Crippen LogP contribution >= 0.6 is 0 Å². The lowest BCUT2D eigenvalue weighted by molar-refractivity contribution is 0.0601. The summed E-state index contributed by atoms with van der Waals surface area (Å²) in [4.78, 5) is 11.8. The van der Waals surface area contributed by atoms with Crippen molar-refractivity contribution in [2.24, 2.45) is 0 Å². The lowest BCUT2D eigenvalue weighted by Crippen LogP contribution is -2.16. The van der Waals surface area contributed by atoms with Gasteiger partial charge in [0.2, 0.25) is 0 Å². The second-order valence-electron chi connectivity index (χ2n) is 4.80. The Hall–Kier alpha value is -2.81. The Morgan fingerprint density at radius 3 is 2.08 bits per heavy atom. The molecule has 0 fully saturated rings. The van der Waals surface area contributed by atoms with Gasteiger partial charge in [-0.2, -0.15) is 0 Å². The number of carbonyl (C=O) groups is 1. The zero-order valence-corrected chi connectivity index (χ0v) is 14.5. The fraction of sp³-hybridized carbons (Fsp3) is 0.188. The summed E-state index contributed by atoms with van der Waals surface area (Å²) < 4.78 is 55.1. The first-order chi connectivity index (χ1) is 11.8. The Labute approximate surface area is 144 Å². The smallest absolute Gasteiger partial charge is 0.340 e. The van der Waals surface area contributed by atoms with Crippen LogP contribution in [0.4, 0.5) is 10.1 Å². The topological polar surface area (TPSA) is 90.9 Å². The van der Waals surface area contributed by atoms with Gasteiger partial charge in [-0.1, -0.05) is 0 Å². The third-order valence-corrected chi connectivity index (χ3v) is 4.68. The molecule has 0 radical (unpaired) electrons. The van der Waals surface area contributed by atoms with E-state index in [2.05, 4.69) is 9.46 Å². The summed E-state index contributed by atoms with van der Waals surface area (Å²) in [5.41, 5.74) is -0.125. The van der Waals surface area contributed by atoms with Crippen LogP contribution in [0.15, 0.2) is 41.3 Å². The van der Waals surface area contributed by atoms with Crippen LogP contribution in [0.2, 0.25) is 0 Å². The monoisotopic (exact) mass is 369 g/mol. The molecule has 2 rings (SSSR count). The number of sulfonamides is 1. The number of benzene rings is 2. The quantitative estimate of drug-likeness (QED) is 0.787. The first-order valence-corrected chi connectivity index (χ1v) is 8.43. The zero-order chi connectivity index (χ0) is 18.6. The predicted molar refractivity (Wildman–Crippen MR) is 88.1 cm³/mol. The van der Waals surface area contributed by atoms with Crippen molar-refractivity contribution in [1.29, 1.82) is 0 Å². The van der Waals surface area contributed by atoms with Crippen LogP contribution in [0.25, 0.3) is 0 Å². The molecule has 25 heavy (non-hydrogen) atoms. The molecule has 2 aromatic carbocycles. The number of anilines is 1. The molecule has 7 nitrogen and oxygen atoms in total. The van der Waals surface area contributed by atoms with E-state index in [0.717, 1.165) is 31.4 Å². The van der Waals surface area contributed by atoms with Crippen molar-refractivity contribution in [2.45, 2.75) is 4.90 Å². The summed E-state index contributed by atoms with van der Waals surface area (Å²) in [6.45, 7) is 0. The minimum Gasteiger partial charge on any atom is -0.493 e. The molecule has 0 unspecified atom stereocenters. The zero-order valence-electron chi connectivity index (χ0n) is 13.7. The first-order valence-electron chi connectivity index (χ1n) is 6.95. The summed E-state index contributed by atoms with van der Waals surface area (Å²) in [7, 11) is -0.150. The number of nitrogens with one attached hydrogen (secondary N) is 1. The third kappa shape index (κ3) is 4.00. The largest absolute Gasteiger partial charge is 0.493 e. The molecule has 0 spiro atoms. The van der Waals surface area contributed by atoms with Crippen molar-refractivity contribution in [2.75, 3.05) is 26.1 Å². The van der Waals surface area contributed by atoms with Crippen molar-refractivity contribution in [3.63, 3.8) is 0 Å². The summed E-state index contributed by atoms with van der Waals surface area (Å²) in [5, 5.41) is 0. The molecule has 0 bridgehead atoms. The van der Waals surface area contributed by atoms with Gasteiger partial charge in [0, 0.05) is 12.1 Å². The number of hydrogen-bond donors (Lipinski definition) is 1. The Kier molecular flexibility index (Phi) is 5.48. The van der Waals surface area contributed by atoms with Crippen molar-refractivity contribution < 1.29 is 31.8 Å². The molecular formula is C16H16FNO6S. The number of hydrogen-bond acceptors (Lipinski definition) is 6. The van der Waals surface area contributed by atoms with E-state index in [9.17, 15) is 17.6 Å². The van der Waals surface area contributed by atoms with E-state index in [-0.39, 0.29) is 27.6 Å². The minimum atomic E-state index is -4.06. The van der Waals surface area contributed by atoms with Crippen molar-refractivity contribution in [3.8, 4) is 11.5 Å². The maximum Gasteiger partial charge on any atom is 0.340 e. The predicted octanol–water partition coefficient (Wildman–Crippen LogP) is 2.43. The fourth-order valence-corrected chi connectivity index (χ4v) is 3.13. The summed E-state index contributed by atoms with van der Waals surface area (Å²) >= 11 is 0. The highest BCUT2D eigenvalue weighted by Crippen LogP contribution is 2.34. The molecule has 0 saturated heterocycles. The fourth-order valence-electron chi connectivity index (χ4n) is 2.06. The molecule has 0 aromatic heterocycles. The van der Waals surface area contributed by atoms with E-state index in [1.807, 2.05) is 0 Å². The van der Waals surface area contributed by atoms with Gasteiger partial charge >= 0.3 is 5.97 Å². The van der Waals surface area contributed by atoms with Crippen LogP contribution in [-0.4, -0.2) is 35.7 Å². The molecule has 0 aliphatic carbocycles. The standard InChI is InChI=1S/C16H16FNO6S/c1-22-14-8-12(16(19)24-3)13(9-15(14)23-2)18-25(20,21)11-6-4-10(17)5-7-11/h4-9,18H,1-3H3. The summed E-state index contributed by atoms with van der Waals surface area (Å²) in [5.74, 6) is -0.891. The van der Waals surface area contributed by atoms with Crippen LogP contribution in [-0.2, 0) is 14.8 Å². The lowest BCUT2D eigenvalue weighted by atomic mass is 10.1. The van der Waals surface area contributed by atoms with E-state index >= 15 is 0 Å². The van der Waals surface area contributed by atoms with Gasteiger partial charge in [-0.25, -0.2) is 17.6 Å². The van der Waals surface area contributed by atoms with E-state index in [1.54, 1.807) is 0 Å². The second-order valence-corrected chi connectivity index (χ2v) is 6.49. The molecule has 134 valence electrons. The van der Waals surface area contributed by atoms with E-state index in [4.69, 9.17) is 9.47 Å². The molecule has 0 atom stereocenters. The van der Waals surface area contributed by atoms with Gasteiger partial charge in [0.15, 0.2) is 11.5 Å². The highest BCUT2D eigenvalue weighted by Gasteiger charge is 2.22. The molecule has 0 heterocycles. The summed E-state index contributed by atoms with van der Waals surface area (Å²) in [6.07, 6.45) is 0. The van der Waals surface area contributed by atoms with Gasteiger partial charge in [-0.3, -0.25) is 4.72 Å². The van der Waals surface area contributed by atoms with Crippen LogP contribution in [0.3, 0.4) is 0 Å². The molecule has 1 N–H and O–H groups in total. The van der Waals surface area contributed by atoms with Crippen molar-refractivity contribution in [3.05, 3.63) is 47.8 Å². The molecule has 9 heteroatoms. The molecule has 0 aliphatic rings. The Balaban J connectivity index is 2.53. The third-order valence-electron chi connectivity index (χ3n) is 3.30. The average Bonchev–Trinajstić information content (AvgIpc) is 2.60. The number of rotatable bonds is 6. The van der Waals surface area contributed by atoms with Crippen molar-refractivity contribution >= 4 is 21.7 Å². The van der Waals surface area contributed by atoms with Crippen LogP contribution in [0.1, 0.15) is 10.4 Å². The molecule has 2 aromatic rings. The lowest BCUT2D eigenvalue weighted by Gasteiger charge is -2.15. The van der Waals surface area contributed by atoms with Gasteiger partial charge in [0.25, 0.3) is 10.0 Å². The molecule has 0 amide bonds. The molecule has 0 aliphatic heterocycles. The van der Waals surface area contributed by atoms with E-state index in [0.29, 0.717) is 0 Å². The van der Waals surface area contributed by atoms with Gasteiger partial charge in [-0.05, 0) is 24.3 Å². The number of methoxy groups -OCH3 is 3. The summed E-state index contributed by atoms with van der Waals surface area (Å²) in [6, 6.07) is 6.85. The maximum atomic E-state index is 13.0. The number of carbonyl (C=O) groups excluding carboxylic acids is 1. The average molecular weight is 369 g/mol. The normalized spacial score (nSPS) is 10.9. The minimum absolute atomic E-state index is 0.0613. The number of halogens is 1. The van der Waals surface area contributed by atoms with Gasteiger partial charge in [0.1, 0.15) is 5.82 Å². The highest BCUT2D eigenvalue weighted by atomic mass is 32.2. The van der Waals surface area contributed by atoms with E-state index in [1.165, 1.54) is 26.4 Å². The Morgan fingerprint density at radius 2 is 1.56 bits per heavy atom. The van der Waals surface area contributed by atoms with Gasteiger partial charge in [0.05, 0.1) is 37.5 Å². The molecule has 0 saturated carbocycles. The second kappa shape index (κ2) is 7.39.